The standard InChI is InChI=1S/C13H23N3/c1-9(2)12-11(8-14-3)13(16-15-12)10-6-4-5-7-10/h9-10,14H,4-8H2,1-3H3,(H,15,16). The number of aromatic nitrogens is 2. The molecule has 1 aliphatic carbocycles. The molecule has 0 aliphatic heterocycles. The van der Waals surface area contributed by atoms with Crippen molar-refractivity contribution in [1.29, 1.82) is 0 Å². The van der Waals surface area contributed by atoms with E-state index in [0.29, 0.717) is 5.92 Å². The van der Waals surface area contributed by atoms with E-state index >= 15 is 0 Å². The minimum absolute atomic E-state index is 0.509. The van der Waals surface area contributed by atoms with Gasteiger partial charge in [0.05, 0.1) is 5.69 Å². The van der Waals surface area contributed by atoms with E-state index in [1.807, 2.05) is 7.05 Å². The summed E-state index contributed by atoms with van der Waals surface area (Å²) in [6, 6.07) is 0. The van der Waals surface area contributed by atoms with E-state index in [1.54, 1.807) is 0 Å². The molecule has 2 N–H and O–H groups in total. The van der Waals surface area contributed by atoms with Crippen LogP contribution in [-0.4, -0.2) is 17.2 Å². The highest BCUT2D eigenvalue weighted by atomic mass is 15.1. The van der Waals surface area contributed by atoms with Crippen molar-refractivity contribution in [2.45, 2.75) is 57.9 Å². The molecular formula is C13H23N3. The van der Waals surface area contributed by atoms with Gasteiger partial charge in [0.2, 0.25) is 0 Å². The summed E-state index contributed by atoms with van der Waals surface area (Å²) in [6.45, 7) is 5.37. The van der Waals surface area contributed by atoms with Crippen LogP contribution in [-0.2, 0) is 6.54 Å². The van der Waals surface area contributed by atoms with Gasteiger partial charge in [-0.2, -0.15) is 5.10 Å². The highest BCUT2D eigenvalue weighted by Crippen LogP contribution is 2.36. The van der Waals surface area contributed by atoms with Crippen LogP contribution in [0.3, 0.4) is 0 Å². The molecule has 0 saturated heterocycles. The SMILES string of the molecule is CNCc1c(C(C)C)n[nH]c1C1CCCC1. The van der Waals surface area contributed by atoms with Crippen molar-refractivity contribution in [1.82, 2.24) is 15.5 Å². The number of rotatable bonds is 4. The van der Waals surface area contributed by atoms with Crippen molar-refractivity contribution >= 4 is 0 Å². The number of nitrogens with zero attached hydrogens (tertiary/aromatic N) is 1. The molecule has 1 heterocycles. The summed E-state index contributed by atoms with van der Waals surface area (Å²) in [4.78, 5) is 0. The second-order valence-electron chi connectivity index (χ2n) is 5.17. The second kappa shape index (κ2) is 5.00. The molecule has 1 saturated carbocycles. The number of H-pyrrole nitrogens is 1. The Morgan fingerprint density at radius 1 is 1.38 bits per heavy atom. The van der Waals surface area contributed by atoms with Gasteiger partial charge in [-0.1, -0.05) is 26.7 Å². The monoisotopic (exact) mass is 221 g/mol. The van der Waals surface area contributed by atoms with E-state index < -0.39 is 0 Å². The van der Waals surface area contributed by atoms with Crippen molar-refractivity contribution in [3.8, 4) is 0 Å². The Kier molecular flexibility index (Phi) is 3.64. The molecule has 0 aromatic carbocycles. The first-order valence-corrected chi connectivity index (χ1v) is 6.45. The molecule has 0 radical (unpaired) electrons. The Labute approximate surface area is 98.0 Å². The first-order valence-electron chi connectivity index (χ1n) is 6.45. The van der Waals surface area contributed by atoms with Crippen LogP contribution in [0.2, 0.25) is 0 Å². The molecule has 3 heteroatoms. The highest BCUT2D eigenvalue weighted by molar-refractivity contribution is 5.30. The molecule has 90 valence electrons. The van der Waals surface area contributed by atoms with Crippen LogP contribution in [0.4, 0.5) is 0 Å². The van der Waals surface area contributed by atoms with E-state index in [9.17, 15) is 0 Å². The predicted octanol–water partition coefficient (Wildman–Crippen LogP) is 2.91. The van der Waals surface area contributed by atoms with Gasteiger partial charge in [0.25, 0.3) is 0 Å². The molecule has 1 aromatic rings. The topological polar surface area (TPSA) is 40.7 Å². The molecule has 16 heavy (non-hydrogen) atoms. The van der Waals surface area contributed by atoms with Gasteiger partial charge in [-0.05, 0) is 25.8 Å². The average molecular weight is 221 g/mol. The van der Waals surface area contributed by atoms with Gasteiger partial charge in [-0.25, -0.2) is 0 Å². The van der Waals surface area contributed by atoms with Crippen LogP contribution in [0.25, 0.3) is 0 Å². The van der Waals surface area contributed by atoms with Crippen molar-refractivity contribution < 1.29 is 0 Å². The largest absolute Gasteiger partial charge is 0.316 e. The van der Waals surface area contributed by atoms with Crippen LogP contribution < -0.4 is 5.32 Å². The van der Waals surface area contributed by atoms with E-state index in [-0.39, 0.29) is 0 Å². The van der Waals surface area contributed by atoms with Crippen molar-refractivity contribution in [2.75, 3.05) is 7.05 Å². The van der Waals surface area contributed by atoms with Gasteiger partial charge >= 0.3 is 0 Å². The molecule has 0 bridgehead atoms. The molecule has 1 aliphatic rings. The van der Waals surface area contributed by atoms with Crippen molar-refractivity contribution in [2.24, 2.45) is 0 Å². The lowest BCUT2D eigenvalue weighted by Gasteiger charge is -2.11. The van der Waals surface area contributed by atoms with Crippen LogP contribution >= 0.6 is 0 Å². The van der Waals surface area contributed by atoms with Gasteiger partial charge in [0.15, 0.2) is 0 Å². The van der Waals surface area contributed by atoms with Gasteiger partial charge < -0.3 is 5.32 Å². The minimum atomic E-state index is 0.509. The van der Waals surface area contributed by atoms with Gasteiger partial charge in [0, 0.05) is 23.7 Å². The van der Waals surface area contributed by atoms with Gasteiger partial charge in [-0.15, -0.1) is 0 Å². The maximum absolute atomic E-state index is 4.51. The fourth-order valence-corrected chi connectivity index (χ4v) is 2.79. The maximum Gasteiger partial charge on any atom is 0.0695 e. The molecule has 1 fully saturated rings. The summed E-state index contributed by atoms with van der Waals surface area (Å²) in [7, 11) is 2.01. The molecule has 0 atom stereocenters. The Hall–Kier alpha value is -0.830. The molecule has 3 nitrogen and oxygen atoms in total. The van der Waals surface area contributed by atoms with Crippen molar-refractivity contribution in [3.63, 3.8) is 0 Å². The molecule has 0 unspecified atom stereocenters. The van der Waals surface area contributed by atoms with Crippen molar-refractivity contribution in [3.05, 3.63) is 17.0 Å². The number of aromatic amines is 1. The van der Waals surface area contributed by atoms with Crippen LogP contribution in [0.5, 0.6) is 0 Å². The smallest absolute Gasteiger partial charge is 0.0695 e. The lowest BCUT2D eigenvalue weighted by Crippen LogP contribution is -2.10. The zero-order valence-corrected chi connectivity index (χ0v) is 10.6. The maximum atomic E-state index is 4.51. The van der Waals surface area contributed by atoms with E-state index in [2.05, 4.69) is 29.4 Å². The fraction of sp³-hybridized carbons (Fsp3) is 0.769. The molecule has 0 spiro atoms. The number of hydrogen-bond donors (Lipinski definition) is 2. The third-order valence-electron chi connectivity index (χ3n) is 3.59. The zero-order valence-electron chi connectivity index (χ0n) is 10.6. The first kappa shape index (κ1) is 11.6. The summed E-state index contributed by atoms with van der Waals surface area (Å²) < 4.78 is 0. The molecule has 1 aromatic heterocycles. The Balaban J connectivity index is 2.29. The Bertz CT molecular complexity index is 335. The Morgan fingerprint density at radius 3 is 2.62 bits per heavy atom. The lowest BCUT2D eigenvalue weighted by molar-refractivity contribution is 0.674. The predicted molar refractivity (Wildman–Crippen MR) is 66.6 cm³/mol. The summed E-state index contributed by atoms with van der Waals surface area (Å²) in [5.74, 6) is 1.23. The fourth-order valence-electron chi connectivity index (χ4n) is 2.79. The number of nitrogens with one attached hydrogen (secondary N) is 2. The molecular weight excluding hydrogens is 198 g/mol. The lowest BCUT2D eigenvalue weighted by atomic mass is 9.96. The second-order valence-corrected chi connectivity index (χ2v) is 5.17. The van der Waals surface area contributed by atoms with Crippen LogP contribution in [0.1, 0.15) is 68.3 Å². The normalized spacial score (nSPS) is 17.5. The minimum Gasteiger partial charge on any atom is -0.316 e. The van der Waals surface area contributed by atoms with Crippen LogP contribution in [0.15, 0.2) is 0 Å². The highest BCUT2D eigenvalue weighted by Gasteiger charge is 2.24. The summed E-state index contributed by atoms with van der Waals surface area (Å²) in [6.07, 6.45) is 5.41. The zero-order chi connectivity index (χ0) is 11.5. The Morgan fingerprint density at radius 2 is 2.06 bits per heavy atom. The molecule has 0 amide bonds. The van der Waals surface area contributed by atoms with E-state index in [4.69, 9.17) is 0 Å². The van der Waals surface area contributed by atoms with E-state index in [1.165, 1.54) is 42.6 Å². The van der Waals surface area contributed by atoms with Gasteiger partial charge in [0.1, 0.15) is 0 Å². The summed E-state index contributed by atoms with van der Waals surface area (Å²) >= 11 is 0. The third kappa shape index (κ3) is 2.14. The molecule has 2 rings (SSSR count). The van der Waals surface area contributed by atoms with Crippen LogP contribution in [0, 0.1) is 0 Å². The summed E-state index contributed by atoms with van der Waals surface area (Å²) in [5, 5.41) is 11.1. The van der Waals surface area contributed by atoms with Gasteiger partial charge in [-0.3, -0.25) is 5.10 Å². The quantitative estimate of drug-likeness (QED) is 0.820. The summed E-state index contributed by atoms with van der Waals surface area (Å²) in [5.41, 5.74) is 4.07. The number of hydrogen-bond acceptors (Lipinski definition) is 2. The third-order valence-corrected chi connectivity index (χ3v) is 3.59. The average Bonchev–Trinajstić information content (AvgIpc) is 2.84. The van der Waals surface area contributed by atoms with E-state index in [0.717, 1.165) is 12.5 Å². The first-order chi connectivity index (χ1) is 7.74.